The lowest BCUT2D eigenvalue weighted by Gasteiger charge is -2.37. The van der Waals surface area contributed by atoms with E-state index in [0.29, 0.717) is 37.4 Å². The highest BCUT2D eigenvalue weighted by Gasteiger charge is 2.26. The zero-order valence-corrected chi connectivity index (χ0v) is 20.2. The molecule has 0 bridgehead atoms. The van der Waals surface area contributed by atoms with Crippen LogP contribution in [0.15, 0.2) is 24.3 Å². The number of hydrogen-bond acceptors (Lipinski definition) is 4. The minimum Gasteiger partial charge on any atom is -0.353 e. The van der Waals surface area contributed by atoms with Crippen molar-refractivity contribution in [3.05, 3.63) is 52.7 Å². The first-order valence-corrected chi connectivity index (χ1v) is 12.0. The van der Waals surface area contributed by atoms with Crippen molar-refractivity contribution >= 4 is 11.7 Å². The highest BCUT2D eigenvalue weighted by atomic mass is 19.1. The van der Waals surface area contributed by atoms with Gasteiger partial charge in [0.2, 0.25) is 5.91 Å². The van der Waals surface area contributed by atoms with Crippen LogP contribution in [0, 0.1) is 11.7 Å². The summed E-state index contributed by atoms with van der Waals surface area (Å²) < 4.78 is 14.5. The Hall–Kier alpha value is -2.50. The van der Waals surface area contributed by atoms with Crippen LogP contribution in [0.3, 0.4) is 0 Å². The van der Waals surface area contributed by atoms with Crippen LogP contribution in [0.25, 0.3) is 0 Å². The molecule has 0 saturated carbocycles. The molecule has 5 nitrogen and oxygen atoms in total. The minimum atomic E-state index is -0.199. The molecule has 1 aromatic heterocycles. The Bertz CT molecular complexity index is 922. The Morgan fingerprint density at radius 2 is 1.75 bits per heavy atom. The van der Waals surface area contributed by atoms with E-state index in [4.69, 9.17) is 9.97 Å². The number of aromatic nitrogens is 2. The van der Waals surface area contributed by atoms with Crippen molar-refractivity contribution in [2.24, 2.45) is 5.92 Å². The Balaban J connectivity index is 1.94. The molecule has 6 heteroatoms. The molecule has 1 aromatic carbocycles. The predicted octanol–water partition coefficient (Wildman–Crippen LogP) is 4.98. The summed E-state index contributed by atoms with van der Waals surface area (Å²) in [7, 11) is 0. The van der Waals surface area contributed by atoms with Crippen molar-refractivity contribution in [3.63, 3.8) is 0 Å². The van der Waals surface area contributed by atoms with Crippen LogP contribution in [0.4, 0.5) is 10.2 Å². The summed E-state index contributed by atoms with van der Waals surface area (Å²) in [4.78, 5) is 26.7. The van der Waals surface area contributed by atoms with E-state index in [0.717, 1.165) is 48.8 Å². The molecule has 2 heterocycles. The number of carbonyl (C=O) groups is 1. The second kappa shape index (κ2) is 10.9. The maximum absolute atomic E-state index is 14.5. The molecule has 0 unspecified atom stereocenters. The van der Waals surface area contributed by atoms with Crippen LogP contribution in [0.2, 0.25) is 0 Å². The van der Waals surface area contributed by atoms with E-state index in [9.17, 15) is 9.18 Å². The van der Waals surface area contributed by atoms with Crippen LogP contribution in [0.1, 0.15) is 76.0 Å². The fraction of sp³-hybridized carbons (Fsp3) is 0.577. The van der Waals surface area contributed by atoms with Gasteiger partial charge in [0.15, 0.2) is 0 Å². The first kappa shape index (κ1) is 24.1. The largest absolute Gasteiger partial charge is 0.353 e. The van der Waals surface area contributed by atoms with Gasteiger partial charge in [0, 0.05) is 56.2 Å². The number of piperazine rings is 1. The molecule has 32 heavy (non-hydrogen) atoms. The van der Waals surface area contributed by atoms with Crippen molar-refractivity contribution < 1.29 is 9.18 Å². The van der Waals surface area contributed by atoms with Gasteiger partial charge in [0.05, 0.1) is 0 Å². The maximum Gasteiger partial charge on any atom is 0.222 e. The first-order chi connectivity index (χ1) is 15.3. The molecule has 1 aliphatic heterocycles. The third-order valence-electron chi connectivity index (χ3n) is 6.32. The van der Waals surface area contributed by atoms with Gasteiger partial charge in [0.1, 0.15) is 17.5 Å². The molecule has 1 amide bonds. The minimum absolute atomic E-state index is 0.199. The number of aryl methyl sites for hydroxylation is 1. The second-order valence-electron chi connectivity index (χ2n) is 9.23. The van der Waals surface area contributed by atoms with Crippen LogP contribution in [0.5, 0.6) is 0 Å². The molecule has 2 aromatic rings. The molecule has 0 aliphatic carbocycles. The summed E-state index contributed by atoms with van der Waals surface area (Å²) in [5, 5.41) is 0. The summed E-state index contributed by atoms with van der Waals surface area (Å²) >= 11 is 0. The molecule has 174 valence electrons. The number of benzene rings is 1. The lowest BCUT2D eigenvalue weighted by atomic mass is 10.00. The maximum atomic E-state index is 14.5. The fourth-order valence-electron chi connectivity index (χ4n) is 4.15. The first-order valence-electron chi connectivity index (χ1n) is 12.0. The monoisotopic (exact) mass is 440 g/mol. The van der Waals surface area contributed by atoms with E-state index in [1.165, 1.54) is 6.07 Å². The van der Waals surface area contributed by atoms with E-state index in [1.54, 1.807) is 6.07 Å². The van der Waals surface area contributed by atoms with Crippen LogP contribution in [-0.2, 0) is 17.6 Å². The van der Waals surface area contributed by atoms with E-state index >= 15 is 0 Å². The Morgan fingerprint density at radius 3 is 2.34 bits per heavy atom. The van der Waals surface area contributed by atoms with Crippen LogP contribution in [-0.4, -0.2) is 47.0 Å². The van der Waals surface area contributed by atoms with Crippen molar-refractivity contribution in [2.75, 3.05) is 31.1 Å². The quantitative estimate of drug-likeness (QED) is 0.581. The van der Waals surface area contributed by atoms with Gasteiger partial charge in [-0.3, -0.25) is 4.79 Å². The molecule has 0 radical (unpaired) electrons. The van der Waals surface area contributed by atoms with Gasteiger partial charge in [-0.25, -0.2) is 14.4 Å². The predicted molar refractivity (Wildman–Crippen MR) is 128 cm³/mol. The lowest BCUT2D eigenvalue weighted by molar-refractivity contribution is -0.132. The summed E-state index contributed by atoms with van der Waals surface area (Å²) in [5.74, 6) is 2.41. The molecule has 1 saturated heterocycles. The SMILES string of the molecule is CCc1nc([C@H](C)CC)nc(N2CCN(C(=O)CC(C)C)CC2)c1Cc1ccccc1F. The van der Waals surface area contributed by atoms with Crippen LogP contribution < -0.4 is 4.90 Å². The third kappa shape index (κ3) is 5.64. The van der Waals surface area contributed by atoms with E-state index < -0.39 is 0 Å². The van der Waals surface area contributed by atoms with Crippen molar-refractivity contribution in [2.45, 2.75) is 66.2 Å². The van der Waals surface area contributed by atoms with Crippen molar-refractivity contribution in [3.8, 4) is 0 Å². The number of carbonyl (C=O) groups excluding carboxylic acids is 1. The number of nitrogens with zero attached hydrogens (tertiary/aromatic N) is 4. The zero-order chi connectivity index (χ0) is 23.3. The molecule has 0 N–H and O–H groups in total. The molecule has 1 fully saturated rings. The summed E-state index contributed by atoms with van der Waals surface area (Å²) in [5.41, 5.74) is 2.66. The lowest BCUT2D eigenvalue weighted by Crippen LogP contribution is -2.49. The average molecular weight is 441 g/mol. The van der Waals surface area contributed by atoms with Gasteiger partial charge in [-0.2, -0.15) is 0 Å². The molecular weight excluding hydrogens is 403 g/mol. The number of rotatable bonds is 8. The van der Waals surface area contributed by atoms with Gasteiger partial charge in [0.25, 0.3) is 0 Å². The standard InChI is InChI=1S/C26H37FN4O/c1-6-19(5)25-28-23(7-2)21(17-20-10-8-9-11-22(20)27)26(29-25)31-14-12-30(13-15-31)24(32)16-18(3)4/h8-11,18-19H,6-7,12-17H2,1-5H3/t19-/m1/s1. The second-order valence-corrected chi connectivity index (χ2v) is 9.23. The highest BCUT2D eigenvalue weighted by Crippen LogP contribution is 2.29. The van der Waals surface area contributed by atoms with Gasteiger partial charge in [-0.05, 0) is 30.4 Å². The van der Waals surface area contributed by atoms with Gasteiger partial charge in [-0.1, -0.05) is 52.8 Å². The Morgan fingerprint density at radius 1 is 1.06 bits per heavy atom. The van der Waals surface area contributed by atoms with E-state index in [2.05, 4.69) is 39.5 Å². The van der Waals surface area contributed by atoms with Crippen molar-refractivity contribution in [1.82, 2.24) is 14.9 Å². The topological polar surface area (TPSA) is 49.3 Å². The van der Waals surface area contributed by atoms with E-state index in [-0.39, 0.29) is 17.6 Å². The third-order valence-corrected chi connectivity index (χ3v) is 6.32. The number of hydrogen-bond donors (Lipinski definition) is 0. The molecule has 0 spiro atoms. The molecule has 3 rings (SSSR count). The van der Waals surface area contributed by atoms with Gasteiger partial charge < -0.3 is 9.80 Å². The van der Waals surface area contributed by atoms with Crippen molar-refractivity contribution in [1.29, 1.82) is 0 Å². The number of halogens is 1. The molecule has 1 aliphatic rings. The molecular formula is C26H37FN4O. The highest BCUT2D eigenvalue weighted by molar-refractivity contribution is 5.76. The summed E-state index contributed by atoms with van der Waals surface area (Å²) in [6, 6.07) is 6.94. The smallest absolute Gasteiger partial charge is 0.222 e. The van der Waals surface area contributed by atoms with Gasteiger partial charge in [-0.15, -0.1) is 0 Å². The van der Waals surface area contributed by atoms with Gasteiger partial charge >= 0.3 is 0 Å². The fourth-order valence-corrected chi connectivity index (χ4v) is 4.15. The zero-order valence-electron chi connectivity index (χ0n) is 20.2. The Labute approximate surface area is 192 Å². The Kier molecular flexibility index (Phi) is 8.21. The van der Waals surface area contributed by atoms with Crippen LogP contribution >= 0.6 is 0 Å². The summed E-state index contributed by atoms with van der Waals surface area (Å²) in [6.07, 6.45) is 2.80. The average Bonchev–Trinajstić information content (AvgIpc) is 2.79. The number of amides is 1. The van der Waals surface area contributed by atoms with E-state index in [1.807, 2.05) is 17.0 Å². The normalized spacial score (nSPS) is 15.3. The summed E-state index contributed by atoms with van der Waals surface area (Å²) in [6.45, 7) is 13.4. The number of anilines is 1. The molecule has 1 atom stereocenters.